The SMILES string of the molecule is CC(C)(C)Cc1ccc(C(N)C(=O)O)cc1. The van der Waals surface area contributed by atoms with Crippen molar-refractivity contribution in [1.29, 1.82) is 0 Å². The van der Waals surface area contributed by atoms with Crippen molar-refractivity contribution < 1.29 is 9.90 Å². The Hall–Kier alpha value is -1.35. The second-order valence-electron chi connectivity index (χ2n) is 5.29. The van der Waals surface area contributed by atoms with Gasteiger partial charge in [-0.15, -0.1) is 0 Å². The van der Waals surface area contributed by atoms with Crippen molar-refractivity contribution in [1.82, 2.24) is 0 Å². The molecule has 1 aromatic rings. The van der Waals surface area contributed by atoms with Gasteiger partial charge >= 0.3 is 5.97 Å². The zero-order valence-electron chi connectivity index (χ0n) is 10.0. The molecule has 0 radical (unpaired) electrons. The van der Waals surface area contributed by atoms with Crippen molar-refractivity contribution in [2.75, 3.05) is 0 Å². The molecule has 1 aromatic carbocycles. The maximum atomic E-state index is 10.7. The number of aliphatic carboxylic acids is 1. The Morgan fingerprint density at radius 2 is 1.81 bits per heavy atom. The van der Waals surface area contributed by atoms with E-state index < -0.39 is 12.0 Å². The molecule has 3 nitrogen and oxygen atoms in total. The summed E-state index contributed by atoms with van der Waals surface area (Å²) in [5, 5.41) is 8.77. The molecule has 0 bridgehead atoms. The summed E-state index contributed by atoms with van der Waals surface area (Å²) < 4.78 is 0. The lowest BCUT2D eigenvalue weighted by atomic mass is 9.88. The lowest BCUT2D eigenvalue weighted by Gasteiger charge is -2.18. The summed E-state index contributed by atoms with van der Waals surface area (Å²) in [6.45, 7) is 6.51. The van der Waals surface area contributed by atoms with Crippen LogP contribution < -0.4 is 5.73 Å². The summed E-state index contributed by atoms with van der Waals surface area (Å²) in [5.41, 5.74) is 7.59. The Morgan fingerprint density at radius 3 is 2.19 bits per heavy atom. The maximum absolute atomic E-state index is 10.7. The van der Waals surface area contributed by atoms with Gasteiger partial charge in [0, 0.05) is 0 Å². The van der Waals surface area contributed by atoms with E-state index in [1.54, 1.807) is 12.1 Å². The van der Waals surface area contributed by atoms with Crippen LogP contribution in [0.5, 0.6) is 0 Å². The van der Waals surface area contributed by atoms with E-state index in [-0.39, 0.29) is 5.41 Å². The van der Waals surface area contributed by atoms with Gasteiger partial charge in [-0.05, 0) is 23.0 Å². The fraction of sp³-hybridized carbons (Fsp3) is 0.462. The minimum atomic E-state index is -0.997. The highest BCUT2D eigenvalue weighted by atomic mass is 16.4. The van der Waals surface area contributed by atoms with Crippen molar-refractivity contribution in [3.05, 3.63) is 35.4 Å². The van der Waals surface area contributed by atoms with Crippen LogP contribution in [0.25, 0.3) is 0 Å². The smallest absolute Gasteiger partial charge is 0.325 e. The summed E-state index contributed by atoms with van der Waals surface area (Å²) >= 11 is 0. The van der Waals surface area contributed by atoms with Crippen LogP contribution in [0.15, 0.2) is 24.3 Å². The summed E-state index contributed by atoms with van der Waals surface area (Å²) in [5.74, 6) is -0.997. The topological polar surface area (TPSA) is 63.3 Å². The standard InChI is InChI=1S/C13H19NO2/c1-13(2,3)8-9-4-6-10(7-5-9)11(14)12(15)16/h4-7,11H,8,14H2,1-3H3,(H,15,16). The van der Waals surface area contributed by atoms with E-state index in [1.165, 1.54) is 5.56 Å². The average Bonchev–Trinajstić information content (AvgIpc) is 2.15. The van der Waals surface area contributed by atoms with Crippen LogP contribution >= 0.6 is 0 Å². The van der Waals surface area contributed by atoms with E-state index in [4.69, 9.17) is 10.8 Å². The van der Waals surface area contributed by atoms with E-state index in [0.29, 0.717) is 5.56 Å². The van der Waals surface area contributed by atoms with Gasteiger partial charge in [0.15, 0.2) is 0 Å². The molecular formula is C13H19NO2. The Morgan fingerprint density at radius 1 is 1.31 bits per heavy atom. The first-order valence-corrected chi connectivity index (χ1v) is 5.37. The molecule has 0 spiro atoms. The van der Waals surface area contributed by atoms with Gasteiger partial charge in [-0.2, -0.15) is 0 Å². The third-order valence-electron chi connectivity index (χ3n) is 2.34. The normalized spacial score (nSPS) is 13.5. The zero-order valence-corrected chi connectivity index (χ0v) is 10.0. The summed E-state index contributed by atoms with van der Waals surface area (Å²) in [6, 6.07) is 6.55. The Balaban J connectivity index is 2.79. The van der Waals surface area contributed by atoms with Crippen molar-refractivity contribution in [2.45, 2.75) is 33.2 Å². The number of nitrogens with two attached hydrogens (primary N) is 1. The molecular weight excluding hydrogens is 202 g/mol. The van der Waals surface area contributed by atoms with E-state index in [2.05, 4.69) is 20.8 Å². The number of carboxylic acid groups (broad SMARTS) is 1. The Kier molecular flexibility index (Phi) is 3.70. The molecule has 0 aliphatic carbocycles. The molecule has 16 heavy (non-hydrogen) atoms. The largest absolute Gasteiger partial charge is 0.480 e. The quantitative estimate of drug-likeness (QED) is 0.823. The van der Waals surface area contributed by atoms with E-state index >= 15 is 0 Å². The van der Waals surface area contributed by atoms with E-state index in [1.807, 2.05) is 12.1 Å². The number of rotatable bonds is 3. The van der Waals surface area contributed by atoms with Gasteiger partial charge in [0.2, 0.25) is 0 Å². The fourth-order valence-corrected chi connectivity index (χ4v) is 1.60. The van der Waals surface area contributed by atoms with Crippen molar-refractivity contribution in [2.24, 2.45) is 11.1 Å². The Bertz CT molecular complexity index is 363. The number of hydrogen-bond acceptors (Lipinski definition) is 2. The average molecular weight is 221 g/mol. The summed E-state index contributed by atoms with van der Waals surface area (Å²) in [7, 11) is 0. The summed E-state index contributed by atoms with van der Waals surface area (Å²) in [6.07, 6.45) is 0.968. The molecule has 1 rings (SSSR count). The van der Waals surface area contributed by atoms with Crippen LogP contribution in [0.1, 0.15) is 37.9 Å². The third-order valence-corrected chi connectivity index (χ3v) is 2.34. The van der Waals surface area contributed by atoms with Gasteiger partial charge in [0.1, 0.15) is 6.04 Å². The second kappa shape index (κ2) is 4.66. The minimum absolute atomic E-state index is 0.233. The number of hydrogen-bond donors (Lipinski definition) is 2. The molecule has 3 N–H and O–H groups in total. The number of carboxylic acids is 1. The predicted octanol–water partition coefficient (Wildman–Crippen LogP) is 2.36. The lowest BCUT2D eigenvalue weighted by Crippen LogP contribution is -2.20. The summed E-state index contributed by atoms with van der Waals surface area (Å²) in [4.78, 5) is 10.7. The monoisotopic (exact) mass is 221 g/mol. The highest BCUT2D eigenvalue weighted by molar-refractivity contribution is 5.75. The van der Waals surface area contributed by atoms with Gasteiger partial charge in [-0.1, -0.05) is 45.0 Å². The first-order chi connectivity index (χ1) is 7.29. The molecule has 88 valence electrons. The molecule has 1 atom stereocenters. The molecule has 0 saturated carbocycles. The molecule has 0 aliphatic rings. The number of carbonyl (C=O) groups is 1. The molecule has 0 saturated heterocycles. The molecule has 0 heterocycles. The third kappa shape index (κ3) is 3.66. The minimum Gasteiger partial charge on any atom is -0.480 e. The highest BCUT2D eigenvalue weighted by Crippen LogP contribution is 2.21. The van der Waals surface area contributed by atoms with Crippen LogP contribution in [0, 0.1) is 5.41 Å². The van der Waals surface area contributed by atoms with Gasteiger partial charge < -0.3 is 10.8 Å². The molecule has 0 amide bonds. The molecule has 0 fully saturated rings. The van der Waals surface area contributed by atoms with Gasteiger partial charge in [-0.3, -0.25) is 4.79 Å². The zero-order chi connectivity index (χ0) is 12.3. The van der Waals surface area contributed by atoms with Crippen LogP contribution in [-0.2, 0) is 11.2 Å². The predicted molar refractivity (Wildman–Crippen MR) is 64.2 cm³/mol. The highest BCUT2D eigenvalue weighted by Gasteiger charge is 2.15. The van der Waals surface area contributed by atoms with Crippen LogP contribution in [0.4, 0.5) is 0 Å². The molecule has 1 unspecified atom stereocenters. The maximum Gasteiger partial charge on any atom is 0.325 e. The van der Waals surface area contributed by atoms with Crippen molar-refractivity contribution >= 4 is 5.97 Å². The first-order valence-electron chi connectivity index (χ1n) is 5.37. The van der Waals surface area contributed by atoms with Crippen LogP contribution in [0.3, 0.4) is 0 Å². The van der Waals surface area contributed by atoms with Gasteiger partial charge in [0.05, 0.1) is 0 Å². The Labute approximate surface area is 96.3 Å². The fourth-order valence-electron chi connectivity index (χ4n) is 1.60. The van der Waals surface area contributed by atoms with Crippen molar-refractivity contribution in [3.8, 4) is 0 Å². The lowest BCUT2D eigenvalue weighted by molar-refractivity contribution is -0.138. The van der Waals surface area contributed by atoms with Crippen LogP contribution in [-0.4, -0.2) is 11.1 Å². The molecule has 0 aliphatic heterocycles. The second-order valence-corrected chi connectivity index (χ2v) is 5.29. The molecule has 0 aromatic heterocycles. The van der Waals surface area contributed by atoms with Crippen molar-refractivity contribution in [3.63, 3.8) is 0 Å². The molecule has 3 heteroatoms. The van der Waals surface area contributed by atoms with E-state index in [9.17, 15) is 4.79 Å². The van der Waals surface area contributed by atoms with E-state index in [0.717, 1.165) is 6.42 Å². The van der Waals surface area contributed by atoms with Gasteiger partial charge in [-0.25, -0.2) is 0 Å². The van der Waals surface area contributed by atoms with Gasteiger partial charge in [0.25, 0.3) is 0 Å². The number of benzene rings is 1. The first kappa shape index (κ1) is 12.7. The van der Waals surface area contributed by atoms with Crippen LogP contribution in [0.2, 0.25) is 0 Å².